The molecule has 1 aliphatic heterocycles. The van der Waals surface area contributed by atoms with Gasteiger partial charge in [0, 0.05) is 18.3 Å². The van der Waals surface area contributed by atoms with Gasteiger partial charge in [0.1, 0.15) is 6.10 Å². The van der Waals surface area contributed by atoms with Gasteiger partial charge in [0.2, 0.25) is 12.0 Å². The van der Waals surface area contributed by atoms with Crippen LogP contribution in [-0.2, 0) is 11.3 Å². The number of aromatic nitrogens is 1. The molecule has 0 aliphatic carbocycles. The van der Waals surface area contributed by atoms with Crippen LogP contribution in [0.1, 0.15) is 12.5 Å². The number of fused-ring (bicyclic) bond motifs is 1. The summed E-state index contributed by atoms with van der Waals surface area (Å²) < 4.78 is 16.7. The molecule has 1 aliphatic rings. The molecule has 1 amide bonds. The minimum atomic E-state index is -0.701. The standard InChI is InChI=1S/C17H18N2O4/c1-11-15(23-14-8-4-3-7-13(14)22-11)16(20)19-10-12-6-5-9-18-17(12)21-2/h3-9,11,15H,10H2,1-2H3,(H,19,20)/t11-,15-/m1/s1. The summed E-state index contributed by atoms with van der Waals surface area (Å²) in [5.74, 6) is 1.48. The highest BCUT2D eigenvalue weighted by Crippen LogP contribution is 2.33. The molecule has 3 rings (SSSR count). The van der Waals surface area contributed by atoms with E-state index in [1.807, 2.05) is 31.2 Å². The summed E-state index contributed by atoms with van der Waals surface area (Å²) in [6.07, 6.45) is 0.564. The molecule has 0 radical (unpaired) electrons. The molecule has 1 aromatic carbocycles. The normalized spacial score (nSPS) is 19.0. The number of methoxy groups -OCH3 is 1. The molecule has 0 unspecified atom stereocenters. The molecule has 0 bridgehead atoms. The summed E-state index contributed by atoms with van der Waals surface area (Å²) in [5.41, 5.74) is 0.799. The zero-order valence-corrected chi connectivity index (χ0v) is 13.0. The second kappa shape index (κ2) is 6.56. The van der Waals surface area contributed by atoms with Gasteiger partial charge in [-0.3, -0.25) is 4.79 Å². The van der Waals surface area contributed by atoms with Crippen molar-refractivity contribution in [1.29, 1.82) is 0 Å². The highest BCUT2D eigenvalue weighted by molar-refractivity contribution is 5.82. The molecule has 0 saturated carbocycles. The summed E-state index contributed by atoms with van der Waals surface area (Å²) >= 11 is 0. The number of benzene rings is 1. The van der Waals surface area contributed by atoms with Crippen molar-refractivity contribution in [2.24, 2.45) is 0 Å². The van der Waals surface area contributed by atoms with Crippen molar-refractivity contribution in [2.45, 2.75) is 25.7 Å². The third-order valence-corrected chi connectivity index (χ3v) is 3.60. The molecular formula is C17H18N2O4. The quantitative estimate of drug-likeness (QED) is 0.934. The second-order valence-corrected chi connectivity index (χ2v) is 5.20. The van der Waals surface area contributed by atoms with Crippen LogP contribution < -0.4 is 19.5 Å². The van der Waals surface area contributed by atoms with Crippen molar-refractivity contribution >= 4 is 5.91 Å². The van der Waals surface area contributed by atoms with Crippen LogP contribution >= 0.6 is 0 Å². The number of rotatable bonds is 4. The molecule has 1 aromatic heterocycles. The first kappa shape index (κ1) is 15.1. The van der Waals surface area contributed by atoms with Crippen molar-refractivity contribution < 1.29 is 19.0 Å². The zero-order valence-electron chi connectivity index (χ0n) is 13.0. The van der Waals surface area contributed by atoms with Crippen LogP contribution in [0.5, 0.6) is 17.4 Å². The van der Waals surface area contributed by atoms with E-state index < -0.39 is 6.10 Å². The first-order valence-corrected chi connectivity index (χ1v) is 7.37. The Bertz CT molecular complexity index is 704. The maximum Gasteiger partial charge on any atom is 0.265 e. The van der Waals surface area contributed by atoms with Crippen molar-refractivity contribution in [1.82, 2.24) is 10.3 Å². The van der Waals surface area contributed by atoms with Crippen LogP contribution in [0.3, 0.4) is 0 Å². The minimum Gasteiger partial charge on any atom is -0.482 e. The lowest BCUT2D eigenvalue weighted by molar-refractivity contribution is -0.133. The molecule has 2 aromatic rings. The number of hydrogen-bond donors (Lipinski definition) is 1. The smallest absolute Gasteiger partial charge is 0.265 e. The van der Waals surface area contributed by atoms with E-state index in [0.717, 1.165) is 5.56 Å². The molecule has 0 fully saturated rings. The van der Waals surface area contributed by atoms with Crippen molar-refractivity contribution in [3.63, 3.8) is 0 Å². The van der Waals surface area contributed by atoms with Gasteiger partial charge in [-0.05, 0) is 25.1 Å². The fourth-order valence-electron chi connectivity index (χ4n) is 2.43. The SMILES string of the molecule is COc1ncccc1CNC(=O)[C@@H]1Oc2ccccc2O[C@@H]1C. The Morgan fingerprint density at radius 2 is 1.96 bits per heavy atom. The van der Waals surface area contributed by atoms with E-state index in [2.05, 4.69) is 10.3 Å². The van der Waals surface area contributed by atoms with E-state index in [4.69, 9.17) is 14.2 Å². The summed E-state index contributed by atoms with van der Waals surface area (Å²) in [7, 11) is 1.55. The average Bonchev–Trinajstić information content (AvgIpc) is 2.59. The van der Waals surface area contributed by atoms with Crippen molar-refractivity contribution in [3.05, 3.63) is 48.2 Å². The topological polar surface area (TPSA) is 69.7 Å². The Hall–Kier alpha value is -2.76. The molecule has 1 N–H and O–H groups in total. The fourth-order valence-corrected chi connectivity index (χ4v) is 2.43. The number of amides is 1. The fraction of sp³-hybridized carbons (Fsp3) is 0.294. The lowest BCUT2D eigenvalue weighted by Gasteiger charge is -2.31. The van der Waals surface area contributed by atoms with E-state index >= 15 is 0 Å². The number of pyridine rings is 1. The van der Waals surface area contributed by atoms with E-state index in [0.29, 0.717) is 23.9 Å². The Kier molecular flexibility index (Phi) is 4.32. The van der Waals surface area contributed by atoms with Gasteiger partial charge < -0.3 is 19.5 Å². The van der Waals surface area contributed by atoms with Gasteiger partial charge in [-0.25, -0.2) is 4.98 Å². The number of para-hydroxylation sites is 2. The third-order valence-electron chi connectivity index (χ3n) is 3.60. The molecule has 23 heavy (non-hydrogen) atoms. The van der Waals surface area contributed by atoms with Crippen molar-refractivity contribution in [2.75, 3.05) is 7.11 Å². The number of nitrogens with one attached hydrogen (secondary N) is 1. The predicted octanol–water partition coefficient (Wildman–Crippen LogP) is 1.93. The number of nitrogens with zero attached hydrogens (tertiary/aromatic N) is 1. The van der Waals surface area contributed by atoms with Crippen molar-refractivity contribution in [3.8, 4) is 17.4 Å². The lowest BCUT2D eigenvalue weighted by atomic mass is 10.1. The number of carbonyl (C=O) groups excluding carboxylic acids is 1. The molecule has 2 atom stereocenters. The molecular weight excluding hydrogens is 296 g/mol. The maximum absolute atomic E-state index is 12.4. The molecule has 0 saturated heterocycles. The second-order valence-electron chi connectivity index (χ2n) is 5.20. The summed E-state index contributed by atoms with van der Waals surface area (Å²) in [6, 6.07) is 11.0. The van der Waals surface area contributed by atoms with E-state index in [1.165, 1.54) is 0 Å². The van der Waals surface area contributed by atoms with Crippen LogP contribution in [0.4, 0.5) is 0 Å². The molecule has 6 heteroatoms. The van der Waals surface area contributed by atoms with Crippen LogP contribution in [0.15, 0.2) is 42.6 Å². The largest absolute Gasteiger partial charge is 0.482 e. The summed E-state index contributed by atoms with van der Waals surface area (Å²) in [4.78, 5) is 16.5. The van der Waals surface area contributed by atoms with Gasteiger partial charge in [0.25, 0.3) is 5.91 Å². The Morgan fingerprint density at radius 1 is 1.22 bits per heavy atom. The van der Waals surface area contributed by atoms with Gasteiger partial charge >= 0.3 is 0 Å². The first-order valence-electron chi connectivity index (χ1n) is 7.37. The third kappa shape index (κ3) is 3.21. The van der Waals surface area contributed by atoms with Crippen LogP contribution in [0, 0.1) is 0 Å². The molecule has 6 nitrogen and oxygen atoms in total. The highest BCUT2D eigenvalue weighted by atomic mass is 16.6. The Morgan fingerprint density at radius 3 is 2.70 bits per heavy atom. The monoisotopic (exact) mass is 314 g/mol. The first-order chi connectivity index (χ1) is 11.2. The molecule has 2 heterocycles. The lowest BCUT2D eigenvalue weighted by Crippen LogP contribution is -2.48. The Labute approximate surface area is 134 Å². The predicted molar refractivity (Wildman–Crippen MR) is 83.6 cm³/mol. The number of carbonyl (C=O) groups is 1. The average molecular weight is 314 g/mol. The number of ether oxygens (including phenoxy) is 3. The van der Waals surface area contributed by atoms with Crippen LogP contribution in [-0.4, -0.2) is 30.2 Å². The summed E-state index contributed by atoms with van der Waals surface area (Å²) in [5, 5.41) is 2.84. The van der Waals surface area contributed by atoms with E-state index in [-0.39, 0.29) is 12.0 Å². The van der Waals surface area contributed by atoms with Gasteiger partial charge in [-0.15, -0.1) is 0 Å². The highest BCUT2D eigenvalue weighted by Gasteiger charge is 2.33. The molecule has 0 spiro atoms. The molecule has 120 valence electrons. The van der Waals surface area contributed by atoms with Crippen LogP contribution in [0.2, 0.25) is 0 Å². The maximum atomic E-state index is 12.4. The number of hydrogen-bond acceptors (Lipinski definition) is 5. The van der Waals surface area contributed by atoms with E-state index in [1.54, 1.807) is 25.4 Å². The van der Waals surface area contributed by atoms with Gasteiger partial charge in [0.15, 0.2) is 11.5 Å². The van der Waals surface area contributed by atoms with Crippen LogP contribution in [0.25, 0.3) is 0 Å². The summed E-state index contributed by atoms with van der Waals surface area (Å²) in [6.45, 7) is 2.12. The zero-order chi connectivity index (χ0) is 16.2. The Balaban J connectivity index is 1.67. The minimum absolute atomic E-state index is 0.238. The van der Waals surface area contributed by atoms with Gasteiger partial charge in [0.05, 0.1) is 7.11 Å². The van der Waals surface area contributed by atoms with E-state index in [9.17, 15) is 4.79 Å². The van der Waals surface area contributed by atoms with Gasteiger partial charge in [-0.2, -0.15) is 0 Å². The van der Waals surface area contributed by atoms with Gasteiger partial charge in [-0.1, -0.05) is 18.2 Å².